The molecule has 0 spiro atoms. The largest absolute Gasteiger partial charge is 0.506 e. The van der Waals surface area contributed by atoms with Crippen LogP contribution in [0.4, 0.5) is 5.69 Å². The molecule has 2 rings (SSSR count). The maximum atomic E-state index is 11.9. The second kappa shape index (κ2) is 5.05. The highest BCUT2D eigenvalue weighted by Gasteiger charge is 2.31. The number of phenols is 1. The zero-order valence-corrected chi connectivity index (χ0v) is 12.1. The third kappa shape index (κ3) is 2.87. The summed E-state index contributed by atoms with van der Waals surface area (Å²) in [7, 11) is -3.37. The van der Waals surface area contributed by atoms with Crippen LogP contribution >= 0.6 is 12.6 Å². The molecule has 104 valence electrons. The molecule has 1 fully saturated rings. The lowest BCUT2D eigenvalue weighted by molar-refractivity contribution is -0.117. The average Bonchev–Trinajstić information content (AvgIpc) is 2.69. The number of benzene rings is 1. The van der Waals surface area contributed by atoms with Gasteiger partial charge in [-0.05, 0) is 29.9 Å². The summed E-state index contributed by atoms with van der Waals surface area (Å²) >= 11 is 4.16. The molecule has 1 saturated heterocycles. The van der Waals surface area contributed by atoms with E-state index in [-0.39, 0.29) is 28.2 Å². The lowest BCUT2D eigenvalue weighted by Gasteiger charge is -2.18. The summed E-state index contributed by atoms with van der Waals surface area (Å²) in [6, 6.07) is 3.96. The van der Waals surface area contributed by atoms with Crippen LogP contribution in [0.2, 0.25) is 0 Å². The Labute approximate surface area is 117 Å². The fourth-order valence-corrected chi connectivity index (χ4v) is 2.97. The summed E-state index contributed by atoms with van der Waals surface area (Å²) in [4.78, 5) is 13.4. The minimum absolute atomic E-state index is 0.0856. The van der Waals surface area contributed by atoms with Crippen molar-refractivity contribution in [2.45, 2.75) is 11.3 Å². The van der Waals surface area contributed by atoms with Crippen molar-refractivity contribution in [3.05, 3.63) is 18.2 Å². The molecule has 0 radical (unpaired) electrons. The Balaban J connectivity index is 2.42. The van der Waals surface area contributed by atoms with Crippen LogP contribution in [0, 0.1) is 5.92 Å². The zero-order valence-electron chi connectivity index (χ0n) is 10.4. The van der Waals surface area contributed by atoms with Gasteiger partial charge in [-0.2, -0.15) is 12.6 Å². The van der Waals surface area contributed by atoms with E-state index in [4.69, 9.17) is 0 Å². The highest BCUT2D eigenvalue weighted by Crippen LogP contribution is 2.34. The first kappa shape index (κ1) is 14.2. The number of thiol groups is 1. The molecule has 0 aromatic heterocycles. The van der Waals surface area contributed by atoms with E-state index < -0.39 is 9.84 Å². The topological polar surface area (TPSA) is 74.7 Å². The van der Waals surface area contributed by atoms with E-state index in [2.05, 4.69) is 12.6 Å². The Bertz CT molecular complexity index is 612. The van der Waals surface area contributed by atoms with Crippen LogP contribution in [0.25, 0.3) is 0 Å². The predicted molar refractivity (Wildman–Crippen MR) is 75.5 cm³/mol. The summed E-state index contributed by atoms with van der Waals surface area (Å²) < 4.78 is 23.0. The number of carbonyl (C=O) groups is 1. The molecule has 1 aliphatic heterocycles. The Morgan fingerprint density at radius 2 is 2.16 bits per heavy atom. The lowest BCUT2D eigenvalue weighted by atomic mass is 10.1. The molecule has 0 aliphatic carbocycles. The first-order chi connectivity index (χ1) is 8.82. The van der Waals surface area contributed by atoms with Gasteiger partial charge in [0.1, 0.15) is 5.75 Å². The Kier molecular flexibility index (Phi) is 3.78. The van der Waals surface area contributed by atoms with Crippen molar-refractivity contribution in [2.75, 3.05) is 23.5 Å². The quantitative estimate of drug-likeness (QED) is 0.819. The van der Waals surface area contributed by atoms with E-state index in [1.807, 2.05) is 0 Å². The second-order valence-electron chi connectivity index (χ2n) is 4.68. The van der Waals surface area contributed by atoms with E-state index in [0.29, 0.717) is 18.7 Å². The van der Waals surface area contributed by atoms with Gasteiger partial charge in [-0.15, -0.1) is 0 Å². The molecule has 0 saturated carbocycles. The van der Waals surface area contributed by atoms with Crippen molar-refractivity contribution in [1.29, 1.82) is 0 Å². The molecule has 0 bridgehead atoms. The van der Waals surface area contributed by atoms with Crippen molar-refractivity contribution in [2.24, 2.45) is 5.92 Å². The molecular formula is C12H15NO4S2. The molecule has 1 amide bonds. The van der Waals surface area contributed by atoms with Crippen LogP contribution in [0.3, 0.4) is 0 Å². The number of anilines is 1. The van der Waals surface area contributed by atoms with E-state index >= 15 is 0 Å². The van der Waals surface area contributed by atoms with Gasteiger partial charge in [-0.1, -0.05) is 0 Å². The van der Waals surface area contributed by atoms with E-state index in [1.165, 1.54) is 23.1 Å². The monoisotopic (exact) mass is 301 g/mol. The number of nitrogens with zero attached hydrogens (tertiary/aromatic N) is 1. The van der Waals surface area contributed by atoms with E-state index in [0.717, 1.165) is 6.26 Å². The van der Waals surface area contributed by atoms with E-state index in [9.17, 15) is 18.3 Å². The number of carbonyl (C=O) groups excluding carboxylic acids is 1. The van der Waals surface area contributed by atoms with Crippen LogP contribution in [-0.4, -0.2) is 38.0 Å². The van der Waals surface area contributed by atoms with Gasteiger partial charge in [-0.25, -0.2) is 8.42 Å². The summed E-state index contributed by atoms with van der Waals surface area (Å²) in [5.41, 5.74) is 0.247. The number of hydrogen-bond acceptors (Lipinski definition) is 5. The zero-order chi connectivity index (χ0) is 14.2. The van der Waals surface area contributed by atoms with Gasteiger partial charge in [0.05, 0.1) is 10.6 Å². The van der Waals surface area contributed by atoms with E-state index in [1.54, 1.807) is 0 Å². The van der Waals surface area contributed by atoms with Gasteiger partial charge in [0.15, 0.2) is 9.84 Å². The molecule has 19 heavy (non-hydrogen) atoms. The van der Waals surface area contributed by atoms with Crippen LogP contribution < -0.4 is 4.90 Å². The van der Waals surface area contributed by atoms with Gasteiger partial charge in [0.2, 0.25) is 5.91 Å². The maximum Gasteiger partial charge on any atom is 0.227 e. The van der Waals surface area contributed by atoms with Gasteiger partial charge in [-0.3, -0.25) is 4.79 Å². The molecular weight excluding hydrogens is 286 g/mol. The molecule has 1 N–H and O–H groups in total. The standard InChI is InChI=1S/C12H15NO4S2/c1-19(16,17)9-2-3-11(14)10(5-9)13-6-8(7-18)4-12(13)15/h2-3,5,8,14,18H,4,6-7H2,1H3. The fraction of sp³-hybridized carbons (Fsp3) is 0.417. The predicted octanol–water partition coefficient (Wildman–Crippen LogP) is 1.08. The molecule has 1 unspecified atom stereocenters. The van der Waals surface area contributed by atoms with Gasteiger partial charge in [0, 0.05) is 19.2 Å². The van der Waals surface area contributed by atoms with Crippen LogP contribution in [0.1, 0.15) is 6.42 Å². The number of phenolic OH excluding ortho intramolecular Hbond substituents is 1. The summed E-state index contributed by atoms with van der Waals surface area (Å²) in [5, 5.41) is 9.83. The Morgan fingerprint density at radius 3 is 2.68 bits per heavy atom. The first-order valence-electron chi connectivity index (χ1n) is 5.77. The van der Waals surface area contributed by atoms with Gasteiger partial charge < -0.3 is 10.0 Å². The lowest BCUT2D eigenvalue weighted by Crippen LogP contribution is -2.25. The maximum absolute atomic E-state index is 11.9. The van der Waals surface area contributed by atoms with Crippen molar-refractivity contribution in [3.63, 3.8) is 0 Å². The molecule has 1 heterocycles. The molecule has 1 aromatic rings. The third-order valence-corrected chi connectivity index (χ3v) is 4.76. The van der Waals surface area contributed by atoms with Crippen LogP contribution in [-0.2, 0) is 14.6 Å². The first-order valence-corrected chi connectivity index (χ1v) is 8.29. The average molecular weight is 301 g/mol. The second-order valence-corrected chi connectivity index (χ2v) is 7.06. The minimum Gasteiger partial charge on any atom is -0.506 e. The fourth-order valence-electron chi connectivity index (χ4n) is 2.09. The SMILES string of the molecule is CS(=O)(=O)c1ccc(O)c(N2CC(CS)CC2=O)c1. The summed E-state index contributed by atoms with van der Waals surface area (Å²) in [5.74, 6) is 0.479. The normalized spacial score (nSPS) is 20.0. The summed E-state index contributed by atoms with van der Waals surface area (Å²) in [6.07, 6.45) is 1.46. The number of aromatic hydroxyl groups is 1. The number of rotatable bonds is 3. The number of amides is 1. The van der Waals surface area contributed by atoms with Crippen LogP contribution in [0.5, 0.6) is 5.75 Å². The Hall–Kier alpha value is -1.21. The number of sulfone groups is 1. The molecule has 1 aromatic carbocycles. The van der Waals surface area contributed by atoms with Gasteiger partial charge >= 0.3 is 0 Å². The van der Waals surface area contributed by atoms with Gasteiger partial charge in [0.25, 0.3) is 0 Å². The summed E-state index contributed by atoms with van der Waals surface area (Å²) in [6.45, 7) is 0.448. The highest BCUT2D eigenvalue weighted by atomic mass is 32.2. The molecule has 5 nitrogen and oxygen atoms in total. The van der Waals surface area contributed by atoms with Crippen molar-refractivity contribution in [3.8, 4) is 5.75 Å². The van der Waals surface area contributed by atoms with Crippen molar-refractivity contribution >= 4 is 34.1 Å². The molecule has 7 heteroatoms. The molecule has 1 aliphatic rings. The van der Waals surface area contributed by atoms with Crippen molar-refractivity contribution in [1.82, 2.24) is 0 Å². The highest BCUT2D eigenvalue weighted by molar-refractivity contribution is 7.90. The smallest absolute Gasteiger partial charge is 0.227 e. The number of hydrogen-bond donors (Lipinski definition) is 2. The Morgan fingerprint density at radius 1 is 1.47 bits per heavy atom. The van der Waals surface area contributed by atoms with Crippen molar-refractivity contribution < 1.29 is 18.3 Å². The molecule has 1 atom stereocenters. The minimum atomic E-state index is -3.37. The van der Waals surface area contributed by atoms with Crippen LogP contribution in [0.15, 0.2) is 23.1 Å². The third-order valence-electron chi connectivity index (χ3n) is 3.13.